The maximum atomic E-state index is 11.9. The van der Waals surface area contributed by atoms with E-state index in [9.17, 15) is 9.90 Å². The van der Waals surface area contributed by atoms with Gasteiger partial charge in [0.1, 0.15) is 5.69 Å². The molecule has 2 aromatic carbocycles. The van der Waals surface area contributed by atoms with E-state index < -0.39 is 5.97 Å². The molecule has 0 spiro atoms. The Hall–Kier alpha value is -2.69. The predicted molar refractivity (Wildman–Crippen MR) is 180 cm³/mol. The molecule has 2 rings (SSSR count). The summed E-state index contributed by atoms with van der Waals surface area (Å²) in [7, 11) is 0. The highest BCUT2D eigenvalue weighted by Crippen LogP contribution is 2.29. The number of azo groups is 1. The van der Waals surface area contributed by atoms with Crippen LogP contribution in [-0.4, -0.2) is 24.2 Å². The number of aryl methyl sites for hydroxylation is 1. The van der Waals surface area contributed by atoms with E-state index in [0.29, 0.717) is 5.69 Å². The molecular formula is C37H59N3O2. The lowest BCUT2D eigenvalue weighted by molar-refractivity contribution is 0.0697. The normalized spacial score (nSPS) is 11.4. The molecule has 5 nitrogen and oxygen atoms in total. The number of hydrogen-bond donors (Lipinski definition) is 1. The average molecular weight is 578 g/mol. The van der Waals surface area contributed by atoms with Crippen LogP contribution in [0.5, 0.6) is 0 Å². The topological polar surface area (TPSA) is 65.3 Å². The van der Waals surface area contributed by atoms with Gasteiger partial charge in [-0.25, -0.2) is 4.79 Å². The number of carboxylic acids is 1. The van der Waals surface area contributed by atoms with Gasteiger partial charge in [-0.05, 0) is 61.6 Å². The van der Waals surface area contributed by atoms with Gasteiger partial charge in [0.15, 0.2) is 0 Å². The van der Waals surface area contributed by atoms with Gasteiger partial charge in [0.2, 0.25) is 0 Å². The molecule has 42 heavy (non-hydrogen) atoms. The number of unbranched alkanes of at least 4 members (excludes halogenated alkanes) is 15. The van der Waals surface area contributed by atoms with Crippen LogP contribution in [0.1, 0.15) is 152 Å². The minimum absolute atomic E-state index is 0.224. The summed E-state index contributed by atoms with van der Waals surface area (Å²) in [6.07, 6.45) is 24.5. The maximum absolute atomic E-state index is 11.9. The van der Waals surface area contributed by atoms with Crippen molar-refractivity contribution in [2.24, 2.45) is 10.2 Å². The van der Waals surface area contributed by atoms with Crippen LogP contribution in [0.15, 0.2) is 52.7 Å². The first-order valence-corrected chi connectivity index (χ1v) is 17.2. The van der Waals surface area contributed by atoms with Gasteiger partial charge in [0.05, 0.1) is 11.3 Å². The lowest BCUT2D eigenvalue weighted by Crippen LogP contribution is -2.24. The van der Waals surface area contributed by atoms with Gasteiger partial charge in [-0.1, -0.05) is 129 Å². The van der Waals surface area contributed by atoms with Crippen LogP contribution in [0.3, 0.4) is 0 Å². The molecule has 5 heteroatoms. The van der Waals surface area contributed by atoms with Crippen molar-refractivity contribution < 1.29 is 9.90 Å². The molecule has 0 aliphatic heterocycles. The van der Waals surface area contributed by atoms with E-state index in [2.05, 4.69) is 48.0 Å². The van der Waals surface area contributed by atoms with Crippen LogP contribution in [0, 0.1) is 0 Å². The van der Waals surface area contributed by atoms with Crippen LogP contribution in [0.25, 0.3) is 0 Å². The molecule has 0 saturated carbocycles. The Balaban J connectivity index is 1.74. The van der Waals surface area contributed by atoms with Crippen molar-refractivity contribution in [3.8, 4) is 0 Å². The van der Waals surface area contributed by atoms with Crippen molar-refractivity contribution in [3.05, 3.63) is 53.6 Å². The molecule has 0 unspecified atom stereocenters. The molecule has 234 valence electrons. The molecule has 0 fully saturated rings. The molecule has 0 aromatic heterocycles. The van der Waals surface area contributed by atoms with Crippen molar-refractivity contribution in [1.29, 1.82) is 0 Å². The highest BCUT2D eigenvalue weighted by molar-refractivity contribution is 5.94. The fourth-order valence-corrected chi connectivity index (χ4v) is 5.69. The number of anilines is 1. The third-order valence-corrected chi connectivity index (χ3v) is 8.12. The molecule has 0 saturated heterocycles. The number of rotatable bonds is 25. The Bertz CT molecular complexity index is 997. The average Bonchev–Trinajstić information content (AvgIpc) is 3.00. The zero-order valence-corrected chi connectivity index (χ0v) is 27.1. The smallest absolute Gasteiger partial charge is 0.337 e. The van der Waals surface area contributed by atoms with Gasteiger partial charge in [-0.15, -0.1) is 5.11 Å². The summed E-state index contributed by atoms with van der Waals surface area (Å²) in [4.78, 5) is 14.3. The Morgan fingerprint density at radius 1 is 0.619 bits per heavy atom. The number of carbonyl (C=O) groups is 1. The molecule has 0 amide bonds. The van der Waals surface area contributed by atoms with E-state index in [1.807, 2.05) is 24.3 Å². The SMILES string of the molecule is CCCCCCCCCCCCCCCCCCc1cccc(C(=O)O)c1N=Nc1ccc(N(CCC)CCC)cc1. The Labute approximate surface area is 257 Å². The largest absolute Gasteiger partial charge is 0.478 e. The first kappa shape index (κ1) is 35.5. The predicted octanol–water partition coefficient (Wildman–Crippen LogP) is 12.2. The Kier molecular flexibility index (Phi) is 19.3. The van der Waals surface area contributed by atoms with Gasteiger partial charge in [0, 0.05) is 18.8 Å². The van der Waals surface area contributed by atoms with Gasteiger partial charge in [-0.2, -0.15) is 5.11 Å². The fraction of sp³-hybridized carbons (Fsp3) is 0.649. The van der Waals surface area contributed by atoms with E-state index >= 15 is 0 Å². The molecule has 0 radical (unpaired) electrons. The molecule has 0 bridgehead atoms. The molecule has 1 N–H and O–H groups in total. The molecule has 0 aliphatic rings. The van der Waals surface area contributed by atoms with Gasteiger partial charge < -0.3 is 10.0 Å². The van der Waals surface area contributed by atoms with Crippen molar-refractivity contribution in [2.75, 3.05) is 18.0 Å². The summed E-state index contributed by atoms with van der Waals surface area (Å²) >= 11 is 0. The van der Waals surface area contributed by atoms with E-state index in [1.165, 1.54) is 102 Å². The number of nitrogens with zero attached hydrogens (tertiary/aromatic N) is 3. The molecule has 0 aliphatic carbocycles. The second-order valence-corrected chi connectivity index (χ2v) is 11.9. The van der Waals surface area contributed by atoms with Crippen LogP contribution >= 0.6 is 0 Å². The molecule has 0 atom stereocenters. The number of benzene rings is 2. The first-order valence-electron chi connectivity index (χ1n) is 17.2. The quantitative estimate of drug-likeness (QED) is 0.0942. The lowest BCUT2D eigenvalue weighted by atomic mass is 10.00. The molecule has 0 heterocycles. The van der Waals surface area contributed by atoms with Gasteiger partial charge in [0.25, 0.3) is 0 Å². The summed E-state index contributed by atoms with van der Waals surface area (Å²) in [6.45, 7) is 8.74. The van der Waals surface area contributed by atoms with E-state index in [1.54, 1.807) is 6.07 Å². The summed E-state index contributed by atoms with van der Waals surface area (Å²) in [5.41, 5.74) is 3.61. The van der Waals surface area contributed by atoms with Crippen molar-refractivity contribution in [3.63, 3.8) is 0 Å². The van der Waals surface area contributed by atoms with Crippen molar-refractivity contribution in [2.45, 2.75) is 143 Å². The minimum Gasteiger partial charge on any atom is -0.478 e. The third kappa shape index (κ3) is 14.5. The third-order valence-electron chi connectivity index (χ3n) is 8.12. The second kappa shape index (κ2) is 22.9. The van der Waals surface area contributed by atoms with Gasteiger partial charge >= 0.3 is 5.97 Å². The fourth-order valence-electron chi connectivity index (χ4n) is 5.69. The molecular weight excluding hydrogens is 518 g/mol. The number of aromatic carboxylic acids is 1. The summed E-state index contributed by atoms with van der Waals surface area (Å²) in [6, 6.07) is 13.6. The monoisotopic (exact) mass is 577 g/mol. The standard InChI is InChI=1S/C37H59N3O2/c1-4-7-8-9-10-11-12-13-14-15-16-17-18-19-20-21-23-32-24-22-25-35(37(41)42)36(32)39-38-33-26-28-34(29-27-33)40(30-5-2)31-6-3/h22,24-29H,4-21,23,30-31H2,1-3H3,(H,41,42). The van der Waals surface area contributed by atoms with Crippen molar-refractivity contribution >= 4 is 23.0 Å². The van der Waals surface area contributed by atoms with Crippen LogP contribution in [-0.2, 0) is 6.42 Å². The van der Waals surface area contributed by atoms with Crippen molar-refractivity contribution in [1.82, 2.24) is 0 Å². The maximum Gasteiger partial charge on any atom is 0.337 e. The second-order valence-electron chi connectivity index (χ2n) is 11.9. The first-order chi connectivity index (χ1) is 20.6. The number of carboxylic acid groups (broad SMARTS) is 1. The highest BCUT2D eigenvalue weighted by atomic mass is 16.4. The van der Waals surface area contributed by atoms with Crippen LogP contribution in [0.2, 0.25) is 0 Å². The Morgan fingerprint density at radius 3 is 1.60 bits per heavy atom. The molecule has 2 aromatic rings. The highest BCUT2D eigenvalue weighted by Gasteiger charge is 2.14. The summed E-state index contributed by atoms with van der Waals surface area (Å²) < 4.78 is 0. The minimum atomic E-state index is -0.956. The Morgan fingerprint density at radius 2 is 1.12 bits per heavy atom. The van der Waals surface area contributed by atoms with Crippen LogP contribution in [0.4, 0.5) is 17.1 Å². The zero-order valence-electron chi connectivity index (χ0n) is 27.1. The summed E-state index contributed by atoms with van der Waals surface area (Å²) in [5.74, 6) is -0.956. The lowest BCUT2D eigenvalue weighted by Gasteiger charge is -2.23. The number of hydrogen-bond acceptors (Lipinski definition) is 4. The van der Waals surface area contributed by atoms with E-state index in [4.69, 9.17) is 0 Å². The van der Waals surface area contributed by atoms with Crippen LogP contribution < -0.4 is 4.90 Å². The van der Waals surface area contributed by atoms with E-state index in [-0.39, 0.29) is 5.56 Å². The van der Waals surface area contributed by atoms with E-state index in [0.717, 1.165) is 50.0 Å². The summed E-state index contributed by atoms with van der Waals surface area (Å²) in [5, 5.41) is 18.7. The zero-order chi connectivity index (χ0) is 30.3. The van der Waals surface area contributed by atoms with Gasteiger partial charge in [-0.3, -0.25) is 0 Å².